The average molecular weight is 527 g/mol. The van der Waals surface area contributed by atoms with Crippen molar-refractivity contribution in [1.82, 2.24) is 4.90 Å². The Kier molecular flexibility index (Phi) is 8.19. The third kappa shape index (κ3) is 4.52. The summed E-state index contributed by atoms with van der Waals surface area (Å²) < 4.78 is 4.86. The molecule has 3 saturated heterocycles. The van der Waals surface area contributed by atoms with Gasteiger partial charge in [-0.15, -0.1) is 24.9 Å². The minimum Gasteiger partial charge on any atom is -0.465 e. The largest absolute Gasteiger partial charge is 0.465 e. The number of likely N-dealkylation sites (tertiary alicyclic amines) is 1. The van der Waals surface area contributed by atoms with Gasteiger partial charge in [-0.25, -0.2) is 0 Å². The Morgan fingerprint density at radius 3 is 2.73 bits per heavy atom. The maximum atomic E-state index is 14.5. The molecule has 200 valence electrons. The summed E-state index contributed by atoms with van der Waals surface area (Å²) in [5.74, 6) is -1.99. The van der Waals surface area contributed by atoms with Crippen LogP contribution >= 0.6 is 11.8 Å². The van der Waals surface area contributed by atoms with Gasteiger partial charge in [0.15, 0.2) is 0 Å². The highest BCUT2D eigenvalue weighted by atomic mass is 32.2. The number of β-amino-alcohol motifs (C(OH)–C–C–N with tert-alkyl or cyclic N) is 1. The van der Waals surface area contributed by atoms with Gasteiger partial charge in [-0.3, -0.25) is 14.4 Å². The van der Waals surface area contributed by atoms with E-state index in [-0.39, 0.29) is 48.7 Å². The monoisotopic (exact) mass is 526 g/mol. The first-order chi connectivity index (χ1) is 17.7. The zero-order valence-electron chi connectivity index (χ0n) is 22.0. The van der Waals surface area contributed by atoms with Gasteiger partial charge >= 0.3 is 5.97 Å². The summed E-state index contributed by atoms with van der Waals surface area (Å²) >= 11 is 1.61. The molecule has 7 nitrogen and oxygen atoms in total. The van der Waals surface area contributed by atoms with Crippen LogP contribution in [0.25, 0.3) is 0 Å². The summed E-state index contributed by atoms with van der Waals surface area (Å²) in [6.45, 7) is 13.9. The van der Waals surface area contributed by atoms with Crippen molar-refractivity contribution in [2.24, 2.45) is 17.8 Å². The first kappa shape index (κ1) is 27.5. The smallest absolute Gasteiger partial charge is 0.310 e. The third-order valence-electron chi connectivity index (χ3n) is 8.12. The predicted molar refractivity (Wildman–Crippen MR) is 146 cm³/mol. The first-order valence-electron chi connectivity index (χ1n) is 13.1. The number of hydrogen-bond donors (Lipinski definition) is 1. The highest BCUT2D eigenvalue weighted by Crippen LogP contribution is 2.68. The fraction of sp³-hybridized carbons (Fsp3) is 0.552. The minimum absolute atomic E-state index is 0.0429. The van der Waals surface area contributed by atoms with E-state index in [4.69, 9.17) is 4.74 Å². The van der Waals surface area contributed by atoms with Crippen LogP contribution in [0.5, 0.6) is 0 Å². The number of hydrogen-bond acceptors (Lipinski definition) is 6. The average Bonchev–Trinajstić information content (AvgIpc) is 3.46. The maximum Gasteiger partial charge on any atom is 0.310 e. The van der Waals surface area contributed by atoms with Crippen LogP contribution in [0.4, 0.5) is 5.69 Å². The molecule has 6 atom stereocenters. The quantitative estimate of drug-likeness (QED) is 0.269. The van der Waals surface area contributed by atoms with Gasteiger partial charge in [0.05, 0.1) is 29.8 Å². The molecule has 1 aromatic rings. The topological polar surface area (TPSA) is 87.1 Å². The normalized spacial score (nSPS) is 29.8. The Morgan fingerprint density at radius 2 is 2.05 bits per heavy atom. The molecular weight excluding hydrogens is 488 g/mol. The molecule has 0 saturated carbocycles. The van der Waals surface area contributed by atoms with Gasteiger partial charge in [-0.05, 0) is 56.2 Å². The predicted octanol–water partition coefficient (Wildman–Crippen LogP) is 3.66. The number of unbranched alkanes of at least 4 members (excludes halogenated alkanes) is 1. The van der Waals surface area contributed by atoms with Crippen LogP contribution in [0.2, 0.25) is 0 Å². The molecule has 37 heavy (non-hydrogen) atoms. The summed E-state index contributed by atoms with van der Waals surface area (Å²) in [5, 5.41) is 9.81. The van der Waals surface area contributed by atoms with E-state index in [1.807, 2.05) is 32.0 Å². The summed E-state index contributed by atoms with van der Waals surface area (Å²) in [4.78, 5) is 44.9. The summed E-state index contributed by atoms with van der Waals surface area (Å²) in [6.07, 6.45) is 5.64. The fourth-order valence-corrected chi connectivity index (χ4v) is 8.91. The van der Waals surface area contributed by atoms with Gasteiger partial charge < -0.3 is 19.6 Å². The number of ether oxygens (including phenoxy) is 1. The lowest BCUT2D eigenvalue weighted by Gasteiger charge is -2.40. The van der Waals surface area contributed by atoms with Crippen LogP contribution in [0, 0.1) is 31.6 Å². The second-order valence-electron chi connectivity index (χ2n) is 10.4. The number of rotatable bonds is 11. The zero-order chi connectivity index (χ0) is 26.9. The molecule has 1 N–H and O–H groups in total. The van der Waals surface area contributed by atoms with Crippen molar-refractivity contribution in [3.63, 3.8) is 0 Å². The number of benzene rings is 1. The molecule has 0 aromatic heterocycles. The number of amides is 2. The molecule has 2 amide bonds. The highest BCUT2D eigenvalue weighted by molar-refractivity contribution is 8.02. The van der Waals surface area contributed by atoms with Crippen LogP contribution in [0.3, 0.4) is 0 Å². The lowest BCUT2D eigenvalue weighted by Crippen LogP contribution is -2.57. The summed E-state index contributed by atoms with van der Waals surface area (Å²) in [7, 11) is 0. The molecule has 3 fully saturated rings. The number of aliphatic hydroxyl groups is 1. The van der Waals surface area contributed by atoms with Crippen LogP contribution in [0.1, 0.15) is 37.3 Å². The molecule has 2 bridgehead atoms. The van der Waals surface area contributed by atoms with E-state index in [0.717, 1.165) is 29.7 Å². The van der Waals surface area contributed by atoms with Crippen LogP contribution < -0.4 is 4.90 Å². The lowest BCUT2D eigenvalue weighted by molar-refractivity contribution is -0.154. The van der Waals surface area contributed by atoms with Crippen molar-refractivity contribution in [2.75, 3.05) is 31.2 Å². The third-order valence-corrected chi connectivity index (χ3v) is 10.2. The number of esters is 1. The number of thioether (sulfide) groups is 1. The van der Waals surface area contributed by atoms with Gasteiger partial charge in [0.25, 0.3) is 5.91 Å². The lowest BCUT2D eigenvalue weighted by atomic mass is 9.66. The van der Waals surface area contributed by atoms with E-state index in [1.54, 1.807) is 28.8 Å². The molecule has 8 heteroatoms. The van der Waals surface area contributed by atoms with E-state index >= 15 is 0 Å². The molecule has 1 aromatic carbocycles. The Bertz CT molecular complexity index is 1090. The molecular formula is C29H38N2O5S. The Morgan fingerprint density at radius 1 is 1.30 bits per heavy atom. The number of nitrogens with zero attached hydrogens (tertiary/aromatic N) is 2. The molecule has 0 radical (unpaired) electrons. The van der Waals surface area contributed by atoms with Crippen molar-refractivity contribution in [3.8, 4) is 0 Å². The summed E-state index contributed by atoms with van der Waals surface area (Å²) in [5.41, 5.74) is 2.76. The molecule has 1 spiro atoms. The first-order valence-corrected chi connectivity index (χ1v) is 14.0. The van der Waals surface area contributed by atoms with E-state index in [0.29, 0.717) is 13.0 Å². The molecule has 0 aliphatic carbocycles. The number of carbonyl (C=O) groups excluding carboxylic acids is 3. The Labute approximate surface area is 223 Å². The second kappa shape index (κ2) is 11.0. The number of carbonyl (C=O) groups is 3. The number of aliphatic hydroxyl groups excluding tert-OH is 1. The highest BCUT2D eigenvalue weighted by Gasteiger charge is 2.76. The van der Waals surface area contributed by atoms with Gasteiger partial charge in [0, 0.05) is 24.0 Å². The number of allylic oxidation sites excluding steroid dienone is 1. The standard InChI is InChI=1S/C29H38N2O5S/c1-6-8-9-15-36-28(35)23-22-17-20(5)29(37-22)24(23)26(33)31(13-14-32)25(29)27(34)30(12-7-2)21-16-18(3)10-11-19(21)4/h6-7,10-11,16,20,22-25,32H,1-2,8-9,12-15,17H2,3-5H3/t20?,22-,23+,24+,25?,29?/m1/s1. The van der Waals surface area contributed by atoms with Crippen LogP contribution in [0.15, 0.2) is 43.5 Å². The Balaban J connectivity index is 1.74. The summed E-state index contributed by atoms with van der Waals surface area (Å²) in [6, 6.07) is 5.17. The second-order valence-corrected chi connectivity index (χ2v) is 12.0. The fourth-order valence-electron chi connectivity index (χ4n) is 6.51. The molecule has 3 unspecified atom stereocenters. The van der Waals surface area contributed by atoms with Gasteiger partial charge in [0.1, 0.15) is 6.04 Å². The van der Waals surface area contributed by atoms with Crippen LogP contribution in [-0.2, 0) is 19.1 Å². The molecule has 3 aliphatic rings. The number of fused-ring (bicyclic) bond motifs is 1. The van der Waals surface area contributed by atoms with E-state index in [9.17, 15) is 19.5 Å². The zero-order valence-corrected chi connectivity index (χ0v) is 22.8. The van der Waals surface area contributed by atoms with Gasteiger partial charge in [-0.2, -0.15) is 0 Å². The molecule has 3 aliphatic heterocycles. The van der Waals surface area contributed by atoms with Crippen molar-refractivity contribution in [3.05, 3.63) is 54.6 Å². The van der Waals surface area contributed by atoms with Gasteiger partial charge in [-0.1, -0.05) is 31.2 Å². The van der Waals surface area contributed by atoms with Crippen molar-refractivity contribution < 1.29 is 24.2 Å². The molecule has 3 heterocycles. The van der Waals surface area contributed by atoms with Crippen LogP contribution in [-0.4, -0.2) is 70.1 Å². The number of anilines is 1. The maximum absolute atomic E-state index is 14.5. The van der Waals surface area contributed by atoms with Crippen molar-refractivity contribution >= 4 is 35.2 Å². The van der Waals surface area contributed by atoms with E-state index < -0.39 is 22.6 Å². The van der Waals surface area contributed by atoms with Crippen molar-refractivity contribution in [1.29, 1.82) is 0 Å². The number of aryl methyl sites for hydroxylation is 2. The minimum atomic E-state index is -0.791. The SMILES string of the molecule is C=CCCCOC(=O)[C@@H]1[C@H]2C(=O)N(CCO)C(C(=O)N(CC=C)c3cc(C)ccc3C)C23S[C@@H]1CC3C. The van der Waals surface area contributed by atoms with E-state index in [1.165, 1.54) is 4.90 Å². The molecule has 4 rings (SSSR count). The van der Waals surface area contributed by atoms with Crippen molar-refractivity contribution in [2.45, 2.75) is 56.1 Å². The van der Waals surface area contributed by atoms with Gasteiger partial charge in [0.2, 0.25) is 5.91 Å². The Hall–Kier alpha value is -2.58. The van der Waals surface area contributed by atoms with E-state index in [2.05, 4.69) is 20.1 Å².